The molecule has 16 heavy (non-hydrogen) atoms. The molecule has 0 spiro atoms. The summed E-state index contributed by atoms with van der Waals surface area (Å²) in [4.78, 5) is 14.6. The molecule has 1 saturated heterocycles. The standard InChI is InChI=1S/C10H13ClN2OS.ClH/c11-8-3-5-15-9(8)10(14)13-4-1-2-7(13)6-12;/h3,5,7H,1-2,4,6,12H2;1H. The summed E-state index contributed by atoms with van der Waals surface area (Å²) in [6.45, 7) is 1.34. The molecule has 0 aromatic carbocycles. The highest BCUT2D eigenvalue weighted by Crippen LogP contribution is 2.27. The van der Waals surface area contributed by atoms with Crippen molar-refractivity contribution >= 4 is 41.3 Å². The van der Waals surface area contributed by atoms with Gasteiger partial charge in [-0.15, -0.1) is 23.7 Å². The molecular weight excluding hydrogens is 267 g/mol. The Hall–Kier alpha value is -0.290. The van der Waals surface area contributed by atoms with Crippen LogP contribution in [0.5, 0.6) is 0 Å². The van der Waals surface area contributed by atoms with Crippen LogP contribution in [0, 0.1) is 0 Å². The van der Waals surface area contributed by atoms with Crippen LogP contribution in [0.2, 0.25) is 5.02 Å². The van der Waals surface area contributed by atoms with Gasteiger partial charge in [0.2, 0.25) is 0 Å². The third kappa shape index (κ3) is 2.51. The Kier molecular flexibility index (Phi) is 5.05. The molecule has 1 aromatic rings. The first-order valence-corrected chi connectivity index (χ1v) is 6.24. The fourth-order valence-electron chi connectivity index (χ4n) is 1.92. The van der Waals surface area contributed by atoms with Gasteiger partial charge in [-0.05, 0) is 24.3 Å². The lowest BCUT2D eigenvalue weighted by molar-refractivity contribution is 0.0746. The Morgan fingerprint density at radius 3 is 3.00 bits per heavy atom. The fourth-order valence-corrected chi connectivity index (χ4v) is 3.02. The molecule has 2 heterocycles. The molecule has 1 unspecified atom stereocenters. The maximum atomic E-state index is 12.1. The SMILES string of the molecule is Cl.NCC1CCCN1C(=O)c1sccc1Cl. The van der Waals surface area contributed by atoms with E-state index in [2.05, 4.69) is 0 Å². The number of nitrogens with zero attached hydrogens (tertiary/aromatic N) is 1. The van der Waals surface area contributed by atoms with Crippen LogP contribution in [0.3, 0.4) is 0 Å². The van der Waals surface area contributed by atoms with Gasteiger partial charge in [0.1, 0.15) is 4.88 Å². The third-order valence-corrected chi connectivity index (χ3v) is 4.05. The van der Waals surface area contributed by atoms with Gasteiger partial charge in [-0.1, -0.05) is 11.6 Å². The molecule has 2 rings (SSSR count). The molecule has 1 aliphatic heterocycles. The van der Waals surface area contributed by atoms with E-state index in [9.17, 15) is 4.79 Å². The van der Waals surface area contributed by atoms with Crippen LogP contribution in [0.1, 0.15) is 22.5 Å². The summed E-state index contributed by atoms with van der Waals surface area (Å²) in [7, 11) is 0. The van der Waals surface area contributed by atoms with Gasteiger partial charge in [0, 0.05) is 19.1 Å². The molecule has 0 radical (unpaired) electrons. The van der Waals surface area contributed by atoms with Gasteiger partial charge >= 0.3 is 0 Å². The van der Waals surface area contributed by atoms with Gasteiger partial charge in [0.05, 0.1) is 5.02 Å². The lowest BCUT2D eigenvalue weighted by Gasteiger charge is -2.22. The molecule has 1 amide bonds. The normalized spacial score (nSPS) is 19.6. The van der Waals surface area contributed by atoms with Gasteiger partial charge in [-0.3, -0.25) is 4.79 Å². The van der Waals surface area contributed by atoms with Crippen LogP contribution in [0.25, 0.3) is 0 Å². The molecule has 0 bridgehead atoms. The molecule has 90 valence electrons. The first kappa shape index (κ1) is 13.8. The van der Waals surface area contributed by atoms with E-state index >= 15 is 0 Å². The Morgan fingerprint density at radius 2 is 2.44 bits per heavy atom. The minimum absolute atomic E-state index is 0. The van der Waals surface area contributed by atoms with E-state index in [1.807, 2.05) is 10.3 Å². The predicted octanol–water partition coefficient (Wildman–Crippen LogP) is 2.39. The summed E-state index contributed by atoms with van der Waals surface area (Å²) in [5, 5.41) is 2.39. The van der Waals surface area contributed by atoms with Crippen LogP contribution >= 0.6 is 35.3 Å². The molecule has 1 fully saturated rings. The maximum Gasteiger partial charge on any atom is 0.265 e. The number of halogens is 2. The number of thiophene rings is 1. The Bertz CT molecular complexity index is 369. The maximum absolute atomic E-state index is 12.1. The number of carbonyl (C=O) groups is 1. The van der Waals surface area contributed by atoms with Crippen LogP contribution in [0.15, 0.2) is 11.4 Å². The number of amides is 1. The number of nitrogens with two attached hydrogens (primary N) is 1. The van der Waals surface area contributed by atoms with Gasteiger partial charge in [-0.2, -0.15) is 0 Å². The molecular formula is C10H14Cl2N2OS. The number of hydrogen-bond donors (Lipinski definition) is 1. The highest BCUT2D eigenvalue weighted by atomic mass is 35.5. The average molecular weight is 281 g/mol. The molecule has 1 aliphatic rings. The Morgan fingerprint density at radius 1 is 1.69 bits per heavy atom. The van der Waals surface area contributed by atoms with E-state index in [0.717, 1.165) is 19.4 Å². The molecule has 2 N–H and O–H groups in total. The van der Waals surface area contributed by atoms with Gasteiger partial charge in [0.25, 0.3) is 5.91 Å². The molecule has 6 heteroatoms. The predicted molar refractivity (Wildman–Crippen MR) is 69.7 cm³/mol. The van der Waals surface area contributed by atoms with E-state index in [4.69, 9.17) is 17.3 Å². The highest BCUT2D eigenvalue weighted by Gasteiger charge is 2.29. The topological polar surface area (TPSA) is 46.3 Å². The summed E-state index contributed by atoms with van der Waals surface area (Å²) in [6.07, 6.45) is 2.04. The number of likely N-dealkylation sites (tertiary alicyclic amines) is 1. The zero-order chi connectivity index (χ0) is 10.8. The summed E-state index contributed by atoms with van der Waals surface area (Å²) in [5.74, 6) is 0.0305. The Balaban J connectivity index is 0.00000128. The summed E-state index contributed by atoms with van der Waals surface area (Å²) < 4.78 is 0. The van der Waals surface area contributed by atoms with Crippen LogP contribution in [0.4, 0.5) is 0 Å². The third-order valence-electron chi connectivity index (χ3n) is 2.72. The summed E-state index contributed by atoms with van der Waals surface area (Å²) in [5.41, 5.74) is 5.63. The quantitative estimate of drug-likeness (QED) is 0.904. The lowest BCUT2D eigenvalue weighted by Crippen LogP contribution is -2.39. The molecule has 3 nitrogen and oxygen atoms in total. The molecule has 0 aliphatic carbocycles. The highest BCUT2D eigenvalue weighted by molar-refractivity contribution is 7.12. The largest absolute Gasteiger partial charge is 0.334 e. The molecule has 1 aromatic heterocycles. The van der Waals surface area contributed by atoms with E-state index in [0.29, 0.717) is 16.4 Å². The molecule has 1 atom stereocenters. The van der Waals surface area contributed by atoms with E-state index in [1.165, 1.54) is 11.3 Å². The number of rotatable bonds is 2. The smallest absolute Gasteiger partial charge is 0.265 e. The minimum atomic E-state index is 0. The van der Waals surface area contributed by atoms with Crippen molar-refractivity contribution < 1.29 is 4.79 Å². The van der Waals surface area contributed by atoms with E-state index in [-0.39, 0.29) is 24.4 Å². The fraction of sp³-hybridized carbons (Fsp3) is 0.500. The first-order chi connectivity index (χ1) is 7.24. The number of hydrogen-bond acceptors (Lipinski definition) is 3. The van der Waals surface area contributed by atoms with Gasteiger partial charge in [0.15, 0.2) is 0 Å². The summed E-state index contributed by atoms with van der Waals surface area (Å²) >= 11 is 7.33. The van der Waals surface area contributed by atoms with Crippen molar-refractivity contribution in [2.24, 2.45) is 5.73 Å². The van der Waals surface area contributed by atoms with Crippen molar-refractivity contribution in [1.82, 2.24) is 4.90 Å². The first-order valence-electron chi connectivity index (χ1n) is 4.98. The second kappa shape index (κ2) is 5.87. The van der Waals surface area contributed by atoms with Gasteiger partial charge < -0.3 is 10.6 Å². The minimum Gasteiger partial charge on any atom is -0.334 e. The number of carbonyl (C=O) groups excluding carboxylic acids is 1. The van der Waals surface area contributed by atoms with Crippen LogP contribution in [-0.2, 0) is 0 Å². The monoisotopic (exact) mass is 280 g/mol. The second-order valence-corrected chi connectivity index (χ2v) is 4.95. The van der Waals surface area contributed by atoms with Crippen molar-refractivity contribution in [2.75, 3.05) is 13.1 Å². The van der Waals surface area contributed by atoms with E-state index < -0.39 is 0 Å². The van der Waals surface area contributed by atoms with Crippen molar-refractivity contribution in [2.45, 2.75) is 18.9 Å². The van der Waals surface area contributed by atoms with Crippen molar-refractivity contribution in [3.63, 3.8) is 0 Å². The zero-order valence-electron chi connectivity index (χ0n) is 8.69. The average Bonchev–Trinajstić information content (AvgIpc) is 2.84. The van der Waals surface area contributed by atoms with Crippen molar-refractivity contribution in [3.8, 4) is 0 Å². The summed E-state index contributed by atoms with van der Waals surface area (Å²) in [6, 6.07) is 1.95. The van der Waals surface area contributed by atoms with E-state index in [1.54, 1.807) is 6.07 Å². The van der Waals surface area contributed by atoms with Crippen molar-refractivity contribution in [1.29, 1.82) is 0 Å². The molecule has 0 saturated carbocycles. The van der Waals surface area contributed by atoms with Crippen LogP contribution in [-0.4, -0.2) is 29.9 Å². The van der Waals surface area contributed by atoms with Crippen molar-refractivity contribution in [3.05, 3.63) is 21.3 Å². The second-order valence-electron chi connectivity index (χ2n) is 3.63. The Labute approximate surface area is 110 Å². The lowest BCUT2D eigenvalue weighted by atomic mass is 10.2. The zero-order valence-corrected chi connectivity index (χ0v) is 11.1. The van der Waals surface area contributed by atoms with Gasteiger partial charge in [-0.25, -0.2) is 0 Å². The van der Waals surface area contributed by atoms with Crippen LogP contribution < -0.4 is 5.73 Å².